The number of hydrogen-bond donors (Lipinski definition) is 3. The highest BCUT2D eigenvalue weighted by Gasteiger charge is 2.21. The van der Waals surface area contributed by atoms with Crippen LogP contribution < -0.4 is 16.6 Å². The number of nitrogens with zero attached hydrogens (tertiary/aromatic N) is 5. The van der Waals surface area contributed by atoms with Gasteiger partial charge in [0.25, 0.3) is 5.56 Å². The van der Waals surface area contributed by atoms with Crippen LogP contribution in [0.1, 0.15) is 18.8 Å². The molecule has 0 fully saturated rings. The molecule has 10 heteroatoms. The Morgan fingerprint density at radius 1 is 1.09 bits per heavy atom. The van der Waals surface area contributed by atoms with Gasteiger partial charge in [-0.05, 0) is 31.2 Å². The highest BCUT2D eigenvalue weighted by atomic mass is 35.5. The van der Waals surface area contributed by atoms with Crippen LogP contribution in [-0.4, -0.2) is 29.7 Å². The van der Waals surface area contributed by atoms with E-state index in [0.29, 0.717) is 38.8 Å². The van der Waals surface area contributed by atoms with Gasteiger partial charge in [-0.2, -0.15) is 10.1 Å². The summed E-state index contributed by atoms with van der Waals surface area (Å²) in [5.41, 5.74) is 8.31. The molecular weight excluding hydrogens is 440 g/mol. The number of halogens is 1. The van der Waals surface area contributed by atoms with Crippen molar-refractivity contribution in [3.63, 3.8) is 0 Å². The van der Waals surface area contributed by atoms with Gasteiger partial charge in [-0.1, -0.05) is 35.9 Å². The van der Waals surface area contributed by atoms with E-state index in [9.17, 15) is 4.79 Å². The lowest BCUT2D eigenvalue weighted by Gasteiger charge is -2.21. The largest absolute Gasteiger partial charge is 0.368 e. The number of aromatic amines is 1. The molecule has 2 aromatic carbocycles. The summed E-state index contributed by atoms with van der Waals surface area (Å²) in [5.74, 6) is 1.11. The number of H-pyrrole nitrogens is 1. The predicted octanol–water partition coefficient (Wildman–Crippen LogP) is 3.97. The highest BCUT2D eigenvalue weighted by molar-refractivity contribution is 6.35. The number of para-hydroxylation sites is 1. The minimum absolute atomic E-state index is 0.121. The molecule has 3 heterocycles. The molecule has 9 nitrogen and oxygen atoms in total. The van der Waals surface area contributed by atoms with Crippen molar-refractivity contribution in [3.05, 3.63) is 88.3 Å². The Hall–Kier alpha value is -4.24. The minimum atomic E-state index is -0.429. The predicted molar refractivity (Wildman–Crippen MR) is 128 cm³/mol. The fraction of sp³-hybridized carbons (Fsp3) is 0.0870. The molecule has 0 spiro atoms. The smallest absolute Gasteiger partial charge is 0.267 e. The molecule has 1 atom stereocenters. The number of rotatable bonds is 5. The Morgan fingerprint density at radius 2 is 1.91 bits per heavy atom. The van der Waals surface area contributed by atoms with Crippen LogP contribution in [0.5, 0.6) is 0 Å². The third-order valence-corrected chi connectivity index (χ3v) is 5.56. The second-order valence-electron chi connectivity index (χ2n) is 7.42. The van der Waals surface area contributed by atoms with Crippen LogP contribution in [0.4, 0.5) is 11.8 Å². The Bertz CT molecular complexity index is 1500. The fourth-order valence-corrected chi connectivity index (χ4v) is 3.96. The number of aromatic nitrogens is 6. The molecule has 3 aromatic heterocycles. The van der Waals surface area contributed by atoms with Gasteiger partial charge in [0.05, 0.1) is 33.9 Å². The van der Waals surface area contributed by atoms with Crippen molar-refractivity contribution in [2.24, 2.45) is 0 Å². The van der Waals surface area contributed by atoms with Crippen LogP contribution in [-0.2, 0) is 0 Å². The van der Waals surface area contributed by atoms with E-state index in [-0.39, 0.29) is 11.5 Å². The standard InChI is InChI=1S/C23H19ClN8O/c1-13(29-20-16(12-26-23(25)31-20)14-10-27-28-11-14)21-30-18-9-5-8-17(24)19(18)22(33)32(21)15-6-3-2-4-7-15/h2-13H,1H3,(H,27,28)(H3,25,26,29,31). The Labute approximate surface area is 193 Å². The average molecular weight is 459 g/mol. The molecule has 33 heavy (non-hydrogen) atoms. The van der Waals surface area contributed by atoms with Crippen LogP contribution in [0, 0.1) is 0 Å². The van der Waals surface area contributed by atoms with E-state index >= 15 is 0 Å². The van der Waals surface area contributed by atoms with Gasteiger partial charge in [0.1, 0.15) is 11.6 Å². The molecular formula is C23H19ClN8O. The number of nitrogen functional groups attached to an aromatic ring is 1. The first-order valence-electron chi connectivity index (χ1n) is 10.2. The summed E-state index contributed by atoms with van der Waals surface area (Å²) in [6.07, 6.45) is 5.03. The van der Waals surface area contributed by atoms with Gasteiger partial charge in [0.2, 0.25) is 5.95 Å². The van der Waals surface area contributed by atoms with Gasteiger partial charge in [0, 0.05) is 23.5 Å². The van der Waals surface area contributed by atoms with Crippen LogP contribution in [0.2, 0.25) is 5.02 Å². The van der Waals surface area contributed by atoms with Gasteiger partial charge in [-0.25, -0.2) is 9.97 Å². The topological polar surface area (TPSA) is 127 Å². The summed E-state index contributed by atoms with van der Waals surface area (Å²) in [4.78, 5) is 26.9. The van der Waals surface area contributed by atoms with Gasteiger partial charge in [-0.3, -0.25) is 14.5 Å². The summed E-state index contributed by atoms with van der Waals surface area (Å²) in [7, 11) is 0. The van der Waals surface area contributed by atoms with Crippen molar-refractivity contribution < 1.29 is 0 Å². The number of fused-ring (bicyclic) bond motifs is 1. The van der Waals surface area contributed by atoms with Crippen LogP contribution in [0.15, 0.2) is 71.9 Å². The van der Waals surface area contributed by atoms with Crippen molar-refractivity contribution in [1.29, 1.82) is 0 Å². The van der Waals surface area contributed by atoms with Crippen LogP contribution >= 0.6 is 11.6 Å². The maximum Gasteiger partial charge on any atom is 0.267 e. The highest BCUT2D eigenvalue weighted by Crippen LogP contribution is 2.29. The zero-order valence-electron chi connectivity index (χ0n) is 17.5. The lowest BCUT2D eigenvalue weighted by molar-refractivity contribution is 0.731. The first-order chi connectivity index (χ1) is 16.0. The zero-order valence-corrected chi connectivity index (χ0v) is 18.3. The molecule has 5 rings (SSSR count). The zero-order chi connectivity index (χ0) is 22.9. The first-order valence-corrected chi connectivity index (χ1v) is 10.6. The number of hydrogen-bond acceptors (Lipinski definition) is 7. The van der Waals surface area contributed by atoms with E-state index < -0.39 is 6.04 Å². The molecule has 164 valence electrons. The van der Waals surface area contributed by atoms with Gasteiger partial charge < -0.3 is 11.1 Å². The van der Waals surface area contributed by atoms with E-state index in [1.54, 1.807) is 41.4 Å². The van der Waals surface area contributed by atoms with E-state index in [0.717, 1.165) is 5.56 Å². The van der Waals surface area contributed by atoms with Crippen LogP contribution in [0.25, 0.3) is 27.7 Å². The molecule has 0 aliphatic heterocycles. The summed E-state index contributed by atoms with van der Waals surface area (Å²) >= 11 is 6.37. The molecule has 1 unspecified atom stereocenters. The van der Waals surface area contributed by atoms with Crippen LogP contribution in [0.3, 0.4) is 0 Å². The van der Waals surface area contributed by atoms with Crippen molar-refractivity contribution in [2.75, 3.05) is 11.1 Å². The number of nitrogens with two attached hydrogens (primary N) is 1. The molecule has 0 aliphatic rings. The maximum absolute atomic E-state index is 13.6. The number of nitrogens with one attached hydrogen (secondary N) is 2. The average Bonchev–Trinajstić information content (AvgIpc) is 3.34. The maximum atomic E-state index is 13.6. The molecule has 5 aromatic rings. The van der Waals surface area contributed by atoms with E-state index in [1.165, 1.54) is 0 Å². The van der Waals surface area contributed by atoms with Crippen molar-refractivity contribution in [3.8, 4) is 16.8 Å². The molecule has 0 amide bonds. The summed E-state index contributed by atoms with van der Waals surface area (Å²) < 4.78 is 1.56. The Balaban J connectivity index is 1.68. The van der Waals surface area contributed by atoms with E-state index in [2.05, 4.69) is 25.5 Å². The molecule has 0 saturated carbocycles. The lowest BCUT2D eigenvalue weighted by Crippen LogP contribution is -2.27. The molecule has 0 saturated heterocycles. The normalized spacial score (nSPS) is 12.1. The van der Waals surface area contributed by atoms with E-state index in [1.807, 2.05) is 37.3 Å². The lowest BCUT2D eigenvalue weighted by atomic mass is 10.1. The quantitative estimate of drug-likeness (QED) is 0.363. The molecule has 0 radical (unpaired) electrons. The van der Waals surface area contributed by atoms with Gasteiger partial charge >= 0.3 is 0 Å². The van der Waals surface area contributed by atoms with Crippen molar-refractivity contribution >= 4 is 34.3 Å². The van der Waals surface area contributed by atoms with Crippen molar-refractivity contribution in [1.82, 2.24) is 29.7 Å². The summed E-state index contributed by atoms with van der Waals surface area (Å²) in [6, 6.07) is 14.1. The first kappa shape index (κ1) is 20.7. The number of anilines is 2. The Morgan fingerprint density at radius 3 is 2.67 bits per heavy atom. The van der Waals surface area contributed by atoms with Gasteiger partial charge in [-0.15, -0.1) is 0 Å². The summed E-state index contributed by atoms with van der Waals surface area (Å²) in [5, 5.41) is 10.8. The fourth-order valence-electron chi connectivity index (χ4n) is 3.71. The van der Waals surface area contributed by atoms with Gasteiger partial charge in [0.15, 0.2) is 0 Å². The number of benzene rings is 2. The molecule has 0 bridgehead atoms. The third-order valence-electron chi connectivity index (χ3n) is 5.24. The molecule has 4 N–H and O–H groups in total. The molecule has 0 aliphatic carbocycles. The van der Waals surface area contributed by atoms with Crippen molar-refractivity contribution in [2.45, 2.75) is 13.0 Å². The second-order valence-corrected chi connectivity index (χ2v) is 7.83. The third kappa shape index (κ3) is 3.79. The Kier molecular flexibility index (Phi) is 5.23. The van der Waals surface area contributed by atoms with E-state index in [4.69, 9.17) is 22.3 Å². The SMILES string of the molecule is CC(Nc1nc(N)ncc1-c1cn[nH]c1)c1nc2cccc(Cl)c2c(=O)n1-c1ccccc1. The monoisotopic (exact) mass is 458 g/mol. The minimum Gasteiger partial charge on any atom is -0.368 e. The second kappa shape index (κ2) is 8.36. The summed E-state index contributed by atoms with van der Waals surface area (Å²) in [6.45, 7) is 1.90.